The number of aliphatic hydroxyl groups is 4. The average Bonchev–Trinajstić information content (AvgIpc) is 3.10. The number of phosphoric ester groups is 2. The lowest BCUT2D eigenvalue weighted by molar-refractivity contribution is -0.244. The highest BCUT2D eigenvalue weighted by molar-refractivity contribution is 7.61. The number of phosphoric acid groups is 2. The van der Waals surface area contributed by atoms with Gasteiger partial charge < -0.3 is 39.7 Å². The molecule has 200 valence electrons. The molecule has 19 heteroatoms. The molecule has 1 aromatic heterocycles. The summed E-state index contributed by atoms with van der Waals surface area (Å²) in [5.74, 6) is 0. The van der Waals surface area contributed by atoms with Gasteiger partial charge in [-0.15, -0.1) is 0 Å². The van der Waals surface area contributed by atoms with Crippen molar-refractivity contribution in [2.24, 2.45) is 0 Å². The van der Waals surface area contributed by atoms with Crippen molar-refractivity contribution in [3.63, 3.8) is 0 Å². The Labute approximate surface area is 196 Å². The van der Waals surface area contributed by atoms with E-state index in [-0.39, 0.29) is 18.4 Å². The van der Waals surface area contributed by atoms with E-state index in [1.165, 1.54) is 13.1 Å². The van der Waals surface area contributed by atoms with E-state index in [1.807, 2.05) is 0 Å². The standard InChI is InChI=1S/C16H26N2O15P2/c1-7-4-18(16(24)17-14(7)23)13-3-9(21)12(30-13)6-29-34(25,26)33-35(27,28)32-15-10(22)2-8(20)11(5-19)31-15/h4,8-13,15,19-22H,2-3,5-6H2,1H3,(H,25,26)(H,27,28)(H,17,23,24)/t8?,9-,10?,11?,12+,13?,15?/m0/s1. The fraction of sp³-hybridized carbons (Fsp3) is 0.750. The normalized spacial score (nSPS) is 34.9. The monoisotopic (exact) mass is 548 g/mol. The zero-order valence-electron chi connectivity index (χ0n) is 18.1. The lowest BCUT2D eigenvalue weighted by Crippen LogP contribution is -2.49. The number of aromatic amines is 1. The van der Waals surface area contributed by atoms with E-state index in [0.717, 1.165) is 4.57 Å². The SMILES string of the molecule is Cc1cn(C2C[C@H](O)[C@@H](COP(=O)(O)OP(=O)(O)OC3OC(CO)C(O)CC3O)O2)c(=O)[nH]c1=O. The number of ether oxygens (including phenoxy) is 2. The van der Waals surface area contributed by atoms with Crippen LogP contribution in [0.3, 0.4) is 0 Å². The number of aryl methyl sites for hydroxylation is 1. The van der Waals surface area contributed by atoms with Crippen LogP contribution in [0.4, 0.5) is 0 Å². The van der Waals surface area contributed by atoms with Crippen molar-refractivity contribution in [3.8, 4) is 0 Å². The average molecular weight is 548 g/mol. The van der Waals surface area contributed by atoms with Gasteiger partial charge in [0.15, 0.2) is 6.29 Å². The Morgan fingerprint density at radius 2 is 1.71 bits per heavy atom. The Morgan fingerprint density at radius 1 is 1.06 bits per heavy atom. The fourth-order valence-electron chi connectivity index (χ4n) is 3.43. The predicted octanol–water partition coefficient (Wildman–Crippen LogP) is -2.43. The van der Waals surface area contributed by atoms with Crippen molar-refractivity contribution in [1.29, 1.82) is 0 Å². The van der Waals surface area contributed by atoms with Crippen molar-refractivity contribution in [3.05, 3.63) is 32.6 Å². The molecule has 7 unspecified atom stereocenters. The topological polar surface area (TPSA) is 257 Å². The van der Waals surface area contributed by atoms with Crippen LogP contribution in [-0.2, 0) is 32.0 Å². The van der Waals surface area contributed by atoms with Crippen LogP contribution in [-0.4, -0.2) is 89.8 Å². The fourth-order valence-corrected chi connectivity index (χ4v) is 5.61. The second-order valence-corrected chi connectivity index (χ2v) is 10.9. The summed E-state index contributed by atoms with van der Waals surface area (Å²) in [5, 5.41) is 38.7. The van der Waals surface area contributed by atoms with Crippen molar-refractivity contribution in [1.82, 2.24) is 9.55 Å². The molecule has 0 bridgehead atoms. The first-order valence-electron chi connectivity index (χ1n) is 10.2. The van der Waals surface area contributed by atoms with E-state index in [1.54, 1.807) is 0 Å². The maximum atomic E-state index is 12.2. The molecule has 0 radical (unpaired) electrons. The van der Waals surface area contributed by atoms with E-state index in [9.17, 15) is 43.8 Å². The minimum absolute atomic E-state index is 0.146. The molecule has 3 heterocycles. The summed E-state index contributed by atoms with van der Waals surface area (Å²) < 4.78 is 49.0. The minimum Gasteiger partial charge on any atom is -0.394 e. The van der Waals surface area contributed by atoms with Crippen LogP contribution in [0.5, 0.6) is 0 Å². The van der Waals surface area contributed by atoms with Crippen molar-refractivity contribution in [2.75, 3.05) is 13.2 Å². The number of H-pyrrole nitrogens is 1. The third-order valence-electron chi connectivity index (χ3n) is 5.22. The van der Waals surface area contributed by atoms with E-state index in [4.69, 9.17) is 14.6 Å². The van der Waals surface area contributed by atoms with Gasteiger partial charge in [-0.2, -0.15) is 4.31 Å². The van der Waals surface area contributed by atoms with Crippen LogP contribution >= 0.6 is 15.6 Å². The number of aromatic nitrogens is 2. The number of rotatable bonds is 9. The lowest BCUT2D eigenvalue weighted by atomic mass is 10.0. The first-order valence-corrected chi connectivity index (χ1v) is 13.2. The molecule has 3 rings (SSSR count). The van der Waals surface area contributed by atoms with Crippen LogP contribution < -0.4 is 11.2 Å². The van der Waals surface area contributed by atoms with Crippen LogP contribution in [0.1, 0.15) is 24.6 Å². The molecule has 0 saturated carbocycles. The van der Waals surface area contributed by atoms with Gasteiger partial charge in [0.2, 0.25) is 0 Å². The summed E-state index contributed by atoms with van der Waals surface area (Å²) in [7, 11) is -10.7. The zero-order valence-corrected chi connectivity index (χ0v) is 19.9. The zero-order chi connectivity index (χ0) is 26.1. The maximum Gasteiger partial charge on any atom is 0.483 e. The molecular weight excluding hydrogens is 522 g/mol. The van der Waals surface area contributed by atoms with E-state index in [2.05, 4.69) is 18.3 Å². The largest absolute Gasteiger partial charge is 0.483 e. The molecule has 0 spiro atoms. The molecule has 2 fully saturated rings. The summed E-state index contributed by atoms with van der Waals surface area (Å²) >= 11 is 0. The van der Waals surface area contributed by atoms with E-state index >= 15 is 0 Å². The highest BCUT2D eigenvalue weighted by Gasteiger charge is 2.45. The lowest BCUT2D eigenvalue weighted by Gasteiger charge is -2.36. The molecule has 0 amide bonds. The van der Waals surface area contributed by atoms with Gasteiger partial charge in [0, 0.05) is 24.6 Å². The number of aliphatic hydroxyl groups excluding tert-OH is 4. The van der Waals surface area contributed by atoms with Gasteiger partial charge >= 0.3 is 21.3 Å². The Balaban J connectivity index is 1.58. The smallest absolute Gasteiger partial charge is 0.394 e. The van der Waals surface area contributed by atoms with Gasteiger partial charge in [-0.05, 0) is 6.92 Å². The van der Waals surface area contributed by atoms with Crippen LogP contribution in [0, 0.1) is 6.92 Å². The quantitative estimate of drug-likeness (QED) is 0.158. The molecule has 2 aliphatic rings. The molecule has 7 N–H and O–H groups in total. The highest BCUT2D eigenvalue weighted by Crippen LogP contribution is 2.61. The van der Waals surface area contributed by atoms with Gasteiger partial charge in [0.05, 0.1) is 25.4 Å². The molecule has 2 aliphatic heterocycles. The van der Waals surface area contributed by atoms with Crippen LogP contribution in [0.25, 0.3) is 0 Å². The molecule has 17 nitrogen and oxygen atoms in total. The number of hydrogen-bond donors (Lipinski definition) is 7. The Kier molecular flexibility index (Phi) is 8.87. The molecule has 9 atom stereocenters. The highest BCUT2D eigenvalue weighted by atomic mass is 31.3. The molecular formula is C16H26N2O15P2. The number of nitrogens with one attached hydrogen (secondary N) is 1. The molecule has 35 heavy (non-hydrogen) atoms. The second-order valence-electron chi connectivity index (χ2n) is 7.93. The Hall–Kier alpha value is -1.30. The summed E-state index contributed by atoms with van der Waals surface area (Å²) in [6.07, 6.45) is -8.99. The minimum atomic E-state index is -5.40. The van der Waals surface area contributed by atoms with Crippen molar-refractivity contribution < 1.29 is 62.2 Å². The van der Waals surface area contributed by atoms with Gasteiger partial charge in [-0.25, -0.2) is 13.9 Å². The summed E-state index contributed by atoms with van der Waals surface area (Å²) in [6, 6.07) is 0. The third kappa shape index (κ3) is 7.14. The summed E-state index contributed by atoms with van der Waals surface area (Å²) in [5.41, 5.74) is -1.22. The molecule has 0 aromatic carbocycles. The first kappa shape index (κ1) is 28.3. The molecule has 2 saturated heterocycles. The summed E-state index contributed by atoms with van der Waals surface area (Å²) in [4.78, 5) is 45.2. The number of hydrogen-bond acceptors (Lipinski definition) is 13. The van der Waals surface area contributed by atoms with E-state index in [0.29, 0.717) is 0 Å². The maximum absolute atomic E-state index is 12.2. The van der Waals surface area contributed by atoms with Gasteiger partial charge in [-0.1, -0.05) is 0 Å². The Morgan fingerprint density at radius 3 is 2.37 bits per heavy atom. The van der Waals surface area contributed by atoms with Crippen molar-refractivity contribution >= 4 is 15.6 Å². The molecule has 0 aliphatic carbocycles. The van der Waals surface area contributed by atoms with Gasteiger partial charge in [-0.3, -0.25) is 23.4 Å². The first-order chi connectivity index (χ1) is 16.2. The van der Waals surface area contributed by atoms with Crippen LogP contribution in [0.2, 0.25) is 0 Å². The van der Waals surface area contributed by atoms with Crippen LogP contribution in [0.15, 0.2) is 15.8 Å². The van der Waals surface area contributed by atoms with Gasteiger partial charge in [0.1, 0.15) is 24.5 Å². The van der Waals surface area contributed by atoms with Gasteiger partial charge in [0.25, 0.3) is 5.56 Å². The predicted molar refractivity (Wildman–Crippen MR) is 111 cm³/mol. The number of nitrogens with zero attached hydrogens (tertiary/aromatic N) is 1. The summed E-state index contributed by atoms with van der Waals surface area (Å²) in [6.45, 7) is -0.0793. The third-order valence-corrected chi connectivity index (χ3v) is 7.82. The molecule has 1 aromatic rings. The van der Waals surface area contributed by atoms with Crippen molar-refractivity contribution in [2.45, 2.75) is 62.8 Å². The second kappa shape index (κ2) is 11.0. The Bertz CT molecular complexity index is 1110. The van der Waals surface area contributed by atoms with E-state index < -0.39 is 83.1 Å².